The molecule has 0 bridgehead atoms. The Morgan fingerprint density at radius 1 is 1.08 bits per heavy atom. The van der Waals surface area contributed by atoms with Gasteiger partial charge in [-0.2, -0.15) is 43.9 Å². The van der Waals surface area contributed by atoms with E-state index >= 15 is 0 Å². The van der Waals surface area contributed by atoms with Crippen molar-refractivity contribution in [2.75, 3.05) is 13.4 Å². The Hall–Kier alpha value is -2.52. The van der Waals surface area contributed by atoms with Crippen molar-refractivity contribution in [3.05, 3.63) is 52.7 Å². The molecular weight excluding hydrogens is 576 g/mol. The molecule has 0 saturated carbocycles. The third kappa shape index (κ3) is 5.32. The minimum Gasteiger partial charge on any atom is -0.399 e. The molecule has 3 aromatic rings. The second-order valence-electron chi connectivity index (χ2n) is 9.33. The number of alkyl halides is 6. The van der Waals surface area contributed by atoms with Gasteiger partial charge in [0.25, 0.3) is 10.0 Å². The standard InChI is InChI=1S/C23H21F6N3O3S3/c1-21(2)10-15-18(17(11-21)31-35-3)20(36-4)37-19(15)16-5-6-32(30-16)38(33,34)14-8-12(22(24,25)26)7-13(9-14)23(27,28)29/h5-9H,10-11H2,1-4H3. The smallest absolute Gasteiger partial charge is 0.399 e. The van der Waals surface area contributed by atoms with Crippen LogP contribution in [0.25, 0.3) is 10.6 Å². The molecule has 4 rings (SSSR count). The van der Waals surface area contributed by atoms with Crippen LogP contribution in [0.2, 0.25) is 0 Å². The van der Waals surface area contributed by atoms with E-state index in [1.54, 1.807) is 0 Å². The van der Waals surface area contributed by atoms with E-state index in [0.717, 1.165) is 27.2 Å². The summed E-state index contributed by atoms with van der Waals surface area (Å²) >= 11 is 2.81. The minimum atomic E-state index is -5.20. The molecule has 0 aliphatic heterocycles. The van der Waals surface area contributed by atoms with Crippen LogP contribution in [0.15, 0.2) is 44.7 Å². The molecule has 0 spiro atoms. The van der Waals surface area contributed by atoms with E-state index in [9.17, 15) is 34.8 Å². The first-order valence-electron chi connectivity index (χ1n) is 10.9. The van der Waals surface area contributed by atoms with E-state index in [4.69, 9.17) is 4.84 Å². The average molecular weight is 598 g/mol. The monoisotopic (exact) mass is 597 g/mol. The summed E-state index contributed by atoms with van der Waals surface area (Å²) in [5.41, 5.74) is -1.01. The van der Waals surface area contributed by atoms with Gasteiger partial charge in [0.2, 0.25) is 0 Å². The van der Waals surface area contributed by atoms with Gasteiger partial charge in [-0.15, -0.1) is 23.1 Å². The first-order valence-corrected chi connectivity index (χ1v) is 14.4. The van der Waals surface area contributed by atoms with Crippen LogP contribution in [0.1, 0.15) is 42.5 Å². The lowest BCUT2D eigenvalue weighted by atomic mass is 9.74. The molecule has 6 nitrogen and oxygen atoms in total. The zero-order valence-corrected chi connectivity index (χ0v) is 22.8. The Labute approximate surface area is 222 Å². The molecule has 38 heavy (non-hydrogen) atoms. The third-order valence-electron chi connectivity index (χ3n) is 5.86. The van der Waals surface area contributed by atoms with Crippen LogP contribution >= 0.6 is 23.1 Å². The predicted molar refractivity (Wildman–Crippen MR) is 132 cm³/mol. The minimum absolute atomic E-state index is 0.129. The van der Waals surface area contributed by atoms with Gasteiger partial charge in [-0.25, -0.2) is 0 Å². The number of fused-ring (bicyclic) bond motifs is 1. The Kier molecular flexibility index (Phi) is 7.19. The lowest BCUT2D eigenvalue weighted by Crippen LogP contribution is -2.27. The largest absolute Gasteiger partial charge is 0.416 e. The summed E-state index contributed by atoms with van der Waals surface area (Å²) in [6.45, 7) is 4.08. The van der Waals surface area contributed by atoms with Gasteiger partial charge >= 0.3 is 12.4 Å². The van der Waals surface area contributed by atoms with Gasteiger partial charge in [-0.3, -0.25) is 0 Å². The van der Waals surface area contributed by atoms with E-state index in [1.807, 2.05) is 20.1 Å². The highest BCUT2D eigenvalue weighted by molar-refractivity contribution is 8.00. The van der Waals surface area contributed by atoms with Gasteiger partial charge in [0.05, 0.1) is 30.8 Å². The van der Waals surface area contributed by atoms with E-state index in [0.29, 0.717) is 21.8 Å². The van der Waals surface area contributed by atoms with Crippen molar-refractivity contribution in [2.45, 2.75) is 48.1 Å². The maximum atomic E-state index is 13.3. The van der Waals surface area contributed by atoms with E-state index in [2.05, 4.69) is 10.3 Å². The Bertz CT molecular complexity index is 1490. The van der Waals surface area contributed by atoms with Gasteiger partial charge in [0.15, 0.2) is 0 Å². The van der Waals surface area contributed by atoms with E-state index in [1.165, 1.54) is 36.3 Å². The molecule has 1 aromatic carbocycles. The summed E-state index contributed by atoms with van der Waals surface area (Å²) in [6, 6.07) is 1.57. The van der Waals surface area contributed by atoms with Crippen molar-refractivity contribution >= 4 is 38.8 Å². The lowest BCUT2D eigenvalue weighted by Gasteiger charge is -2.31. The topological polar surface area (TPSA) is 73.6 Å². The number of halogens is 6. The number of aromatic nitrogens is 2. The first kappa shape index (κ1) is 28.5. The molecule has 0 fully saturated rings. The Morgan fingerprint density at radius 3 is 2.21 bits per heavy atom. The van der Waals surface area contributed by atoms with Crippen LogP contribution in [-0.4, -0.2) is 36.7 Å². The number of nitrogens with zero attached hydrogens (tertiary/aromatic N) is 3. The van der Waals surface area contributed by atoms with E-state index in [-0.39, 0.29) is 29.3 Å². The maximum Gasteiger partial charge on any atom is 0.416 e. The molecule has 0 atom stereocenters. The highest BCUT2D eigenvalue weighted by Gasteiger charge is 2.39. The van der Waals surface area contributed by atoms with Crippen LogP contribution < -0.4 is 0 Å². The van der Waals surface area contributed by atoms with Crippen molar-refractivity contribution in [2.24, 2.45) is 10.6 Å². The highest BCUT2D eigenvalue weighted by Crippen LogP contribution is 2.48. The highest BCUT2D eigenvalue weighted by atomic mass is 32.2. The molecule has 0 N–H and O–H groups in total. The van der Waals surface area contributed by atoms with Crippen molar-refractivity contribution < 1.29 is 39.6 Å². The summed E-state index contributed by atoms with van der Waals surface area (Å²) in [5.74, 6) is 0. The summed E-state index contributed by atoms with van der Waals surface area (Å²) in [4.78, 5) is 4.49. The van der Waals surface area contributed by atoms with Gasteiger partial charge in [-0.05, 0) is 54.3 Å². The quantitative estimate of drug-likeness (QED) is 0.181. The third-order valence-corrected chi connectivity index (χ3v) is 9.76. The molecule has 2 heterocycles. The number of thioether (sulfide) groups is 1. The molecule has 206 valence electrons. The molecule has 0 unspecified atom stereocenters. The van der Waals surface area contributed by atoms with Crippen LogP contribution in [0.4, 0.5) is 26.3 Å². The lowest BCUT2D eigenvalue weighted by molar-refractivity contribution is -0.143. The Morgan fingerprint density at radius 2 is 1.68 bits per heavy atom. The molecule has 0 radical (unpaired) electrons. The van der Waals surface area contributed by atoms with Gasteiger partial charge < -0.3 is 4.84 Å². The molecule has 1 aliphatic rings. The number of benzene rings is 1. The molecular formula is C23H21F6N3O3S3. The summed E-state index contributed by atoms with van der Waals surface area (Å²) in [7, 11) is -3.46. The summed E-state index contributed by atoms with van der Waals surface area (Å²) < 4.78 is 107. The zero-order valence-electron chi connectivity index (χ0n) is 20.4. The van der Waals surface area contributed by atoms with Crippen LogP contribution in [0.3, 0.4) is 0 Å². The molecule has 15 heteroatoms. The van der Waals surface area contributed by atoms with Crippen LogP contribution in [-0.2, 0) is 33.6 Å². The fourth-order valence-electron chi connectivity index (χ4n) is 4.27. The number of rotatable bonds is 5. The molecule has 0 saturated heterocycles. The summed E-state index contributed by atoms with van der Waals surface area (Å²) in [6.07, 6.45) is -6.27. The van der Waals surface area contributed by atoms with E-state index < -0.39 is 38.4 Å². The predicted octanol–water partition coefficient (Wildman–Crippen LogP) is 6.93. The fraction of sp³-hybridized carbons (Fsp3) is 0.391. The molecule has 2 aromatic heterocycles. The average Bonchev–Trinajstić information content (AvgIpc) is 3.42. The number of hydrogen-bond acceptors (Lipinski definition) is 7. The maximum absolute atomic E-state index is 13.3. The second-order valence-corrected chi connectivity index (χ2v) is 13.2. The van der Waals surface area contributed by atoms with Crippen LogP contribution in [0.5, 0.6) is 0 Å². The Balaban J connectivity index is 1.85. The van der Waals surface area contributed by atoms with Crippen LogP contribution in [0, 0.1) is 5.41 Å². The normalized spacial score (nSPS) is 17.1. The summed E-state index contributed by atoms with van der Waals surface area (Å²) in [5, 5.41) is 8.26. The zero-order chi connectivity index (χ0) is 28.3. The SMILES string of the molecule is CON=C1CC(C)(C)Cc2c(-c3ccn(S(=O)(=O)c4cc(C(F)(F)F)cc(C(F)(F)F)c4)n3)sc(SC)c21. The fourth-order valence-corrected chi connectivity index (χ4v) is 7.52. The van der Waals surface area contributed by atoms with Crippen molar-refractivity contribution in [3.8, 4) is 10.6 Å². The van der Waals surface area contributed by atoms with Crippen molar-refractivity contribution in [3.63, 3.8) is 0 Å². The van der Waals surface area contributed by atoms with Gasteiger partial charge in [0.1, 0.15) is 12.8 Å². The number of thiophene rings is 1. The second kappa shape index (κ2) is 9.59. The van der Waals surface area contributed by atoms with Crippen molar-refractivity contribution in [1.82, 2.24) is 9.19 Å². The van der Waals surface area contributed by atoms with Crippen molar-refractivity contribution in [1.29, 1.82) is 0 Å². The van der Waals surface area contributed by atoms with Gasteiger partial charge in [0, 0.05) is 11.8 Å². The van der Waals surface area contributed by atoms with Gasteiger partial charge in [-0.1, -0.05) is 19.0 Å². The molecule has 1 aliphatic carbocycles. The molecule has 0 amide bonds. The number of oxime groups is 1. The first-order chi connectivity index (χ1) is 17.5. The number of hydrogen-bond donors (Lipinski definition) is 0.